The summed E-state index contributed by atoms with van der Waals surface area (Å²) in [6, 6.07) is 6.34. The van der Waals surface area contributed by atoms with Gasteiger partial charge < -0.3 is 9.55 Å². The summed E-state index contributed by atoms with van der Waals surface area (Å²) in [5.74, 6) is 0. The first-order valence-corrected chi connectivity index (χ1v) is 7.96. The normalized spacial score (nSPS) is 11.3. The Hall–Kier alpha value is -1.15. The minimum Gasteiger partial charge on any atom is -0.331 e. The summed E-state index contributed by atoms with van der Waals surface area (Å²) in [4.78, 5) is 3.28. The van der Waals surface area contributed by atoms with Crippen LogP contribution >= 0.6 is 34.8 Å². The summed E-state index contributed by atoms with van der Waals surface area (Å²) in [6.45, 7) is 2.89. The number of nitrogens with zero attached hydrogens (tertiary/aromatic N) is 3. The molecule has 4 nitrogen and oxygen atoms in total. The van der Waals surface area contributed by atoms with Crippen molar-refractivity contribution in [3.8, 4) is 0 Å². The first-order chi connectivity index (χ1) is 9.58. The number of rotatable bonds is 3. The molecule has 2 heterocycles. The van der Waals surface area contributed by atoms with Gasteiger partial charge >= 0.3 is 0 Å². The molecule has 1 aromatic carbocycles. The van der Waals surface area contributed by atoms with Gasteiger partial charge in [0.05, 0.1) is 23.3 Å². The molecule has 1 N–H and O–H groups in total. The van der Waals surface area contributed by atoms with E-state index in [1.165, 1.54) is 9.13 Å². The van der Waals surface area contributed by atoms with Crippen molar-refractivity contribution in [3.05, 3.63) is 44.0 Å². The Balaban J connectivity index is 2.10. The number of hydrogen-bond acceptors (Lipinski definition) is 2. The molecule has 0 radical (unpaired) electrons. The zero-order valence-electron chi connectivity index (χ0n) is 11.4. The molecule has 0 aliphatic carbocycles. The highest BCUT2D eigenvalue weighted by atomic mass is 127. The standard InChI is InChI=1S/C14H15IN4S/c1-3-11-9(7-18(2)17-11)8-19-13-5-4-10(15)6-12(13)16-14(19)20/h4-7H,3,8H2,1-2H3,(H,16,20). The van der Waals surface area contributed by atoms with E-state index in [9.17, 15) is 0 Å². The average molecular weight is 398 g/mol. The minimum absolute atomic E-state index is 0.757. The van der Waals surface area contributed by atoms with Gasteiger partial charge in [-0.05, 0) is 59.4 Å². The second-order valence-electron chi connectivity index (χ2n) is 4.81. The molecule has 2 aromatic heterocycles. The summed E-state index contributed by atoms with van der Waals surface area (Å²) in [5, 5.41) is 4.49. The number of benzene rings is 1. The Bertz CT molecular complexity index is 827. The smallest absolute Gasteiger partial charge is 0.178 e. The summed E-state index contributed by atoms with van der Waals surface area (Å²) >= 11 is 7.77. The van der Waals surface area contributed by atoms with Gasteiger partial charge in [0.15, 0.2) is 4.77 Å². The molecule has 0 bridgehead atoms. The van der Waals surface area contributed by atoms with Crippen LogP contribution in [-0.4, -0.2) is 19.3 Å². The molecule has 0 saturated heterocycles. The van der Waals surface area contributed by atoms with Crippen LogP contribution in [0.1, 0.15) is 18.2 Å². The summed E-state index contributed by atoms with van der Waals surface area (Å²) in [7, 11) is 1.96. The molecule has 20 heavy (non-hydrogen) atoms. The maximum atomic E-state index is 5.46. The maximum Gasteiger partial charge on any atom is 0.178 e. The highest BCUT2D eigenvalue weighted by Crippen LogP contribution is 2.19. The van der Waals surface area contributed by atoms with Crippen molar-refractivity contribution in [2.75, 3.05) is 0 Å². The molecule has 0 atom stereocenters. The minimum atomic E-state index is 0.757. The van der Waals surface area contributed by atoms with Crippen LogP contribution in [0.15, 0.2) is 24.4 Å². The molecule has 0 unspecified atom stereocenters. The molecule has 0 aliphatic rings. The average Bonchev–Trinajstić information content (AvgIpc) is 2.90. The monoisotopic (exact) mass is 398 g/mol. The third-order valence-electron chi connectivity index (χ3n) is 3.39. The molecule has 0 fully saturated rings. The maximum absolute atomic E-state index is 5.46. The van der Waals surface area contributed by atoms with Gasteiger partial charge in [0, 0.05) is 22.4 Å². The van der Waals surface area contributed by atoms with Crippen LogP contribution in [0.3, 0.4) is 0 Å². The van der Waals surface area contributed by atoms with Crippen LogP contribution in [0.4, 0.5) is 0 Å². The highest BCUT2D eigenvalue weighted by Gasteiger charge is 2.10. The van der Waals surface area contributed by atoms with Gasteiger partial charge in [0.2, 0.25) is 0 Å². The number of aromatic amines is 1. The van der Waals surface area contributed by atoms with Crippen LogP contribution < -0.4 is 0 Å². The van der Waals surface area contributed by atoms with Crippen LogP contribution in [0, 0.1) is 8.34 Å². The first-order valence-electron chi connectivity index (χ1n) is 6.48. The fourth-order valence-corrected chi connectivity index (χ4v) is 3.24. The molecular formula is C14H15IN4S. The van der Waals surface area contributed by atoms with E-state index in [0.717, 1.165) is 34.5 Å². The van der Waals surface area contributed by atoms with Gasteiger partial charge in [-0.2, -0.15) is 5.10 Å². The fourth-order valence-electron chi connectivity index (χ4n) is 2.48. The lowest BCUT2D eigenvalue weighted by Gasteiger charge is -2.04. The lowest BCUT2D eigenvalue weighted by atomic mass is 10.2. The second kappa shape index (κ2) is 5.33. The van der Waals surface area contributed by atoms with Gasteiger partial charge in [-0.25, -0.2) is 0 Å². The van der Waals surface area contributed by atoms with Crippen LogP contribution in [-0.2, 0) is 20.0 Å². The van der Waals surface area contributed by atoms with Crippen molar-refractivity contribution in [2.24, 2.45) is 7.05 Å². The molecule has 3 aromatic rings. The predicted molar refractivity (Wildman–Crippen MR) is 91.5 cm³/mol. The molecule has 0 saturated carbocycles. The number of nitrogens with one attached hydrogen (secondary N) is 1. The quantitative estimate of drug-likeness (QED) is 0.541. The van der Waals surface area contributed by atoms with Crippen molar-refractivity contribution in [1.29, 1.82) is 0 Å². The number of aryl methyl sites for hydroxylation is 2. The second-order valence-corrected chi connectivity index (χ2v) is 6.44. The van der Waals surface area contributed by atoms with Gasteiger partial charge in [-0.3, -0.25) is 4.68 Å². The summed E-state index contributed by atoms with van der Waals surface area (Å²) < 4.78 is 5.97. The fraction of sp³-hybridized carbons (Fsp3) is 0.286. The number of aromatic nitrogens is 4. The molecule has 104 valence electrons. The SMILES string of the molecule is CCc1nn(C)cc1Cn1c(=S)[nH]c2cc(I)ccc21. The molecule has 3 rings (SSSR count). The third kappa shape index (κ3) is 2.42. The third-order valence-corrected chi connectivity index (χ3v) is 4.38. The Labute approximate surface area is 135 Å². The van der Waals surface area contributed by atoms with E-state index in [4.69, 9.17) is 12.2 Å². The van der Waals surface area contributed by atoms with Gasteiger partial charge in [-0.15, -0.1) is 0 Å². The largest absolute Gasteiger partial charge is 0.331 e. The zero-order chi connectivity index (χ0) is 14.3. The van der Waals surface area contributed by atoms with E-state index in [2.05, 4.69) is 68.6 Å². The zero-order valence-corrected chi connectivity index (χ0v) is 14.3. The van der Waals surface area contributed by atoms with E-state index in [1.807, 2.05) is 11.7 Å². The van der Waals surface area contributed by atoms with E-state index >= 15 is 0 Å². The Morgan fingerprint density at radius 2 is 2.20 bits per heavy atom. The Kier molecular flexibility index (Phi) is 3.68. The molecule has 0 amide bonds. The highest BCUT2D eigenvalue weighted by molar-refractivity contribution is 14.1. The molecule has 6 heteroatoms. The van der Waals surface area contributed by atoms with Gasteiger partial charge in [-0.1, -0.05) is 6.92 Å². The van der Waals surface area contributed by atoms with Crippen LogP contribution in [0.2, 0.25) is 0 Å². The predicted octanol–water partition coefficient (Wildman–Crippen LogP) is 3.65. The Morgan fingerprint density at radius 1 is 1.40 bits per heavy atom. The summed E-state index contributed by atoms with van der Waals surface area (Å²) in [5.41, 5.74) is 4.59. The number of H-pyrrole nitrogens is 1. The lowest BCUT2D eigenvalue weighted by molar-refractivity contribution is 0.746. The first kappa shape index (κ1) is 13.8. The van der Waals surface area contributed by atoms with E-state index in [0.29, 0.717) is 0 Å². The number of imidazole rings is 1. The van der Waals surface area contributed by atoms with Crippen LogP contribution in [0.25, 0.3) is 11.0 Å². The van der Waals surface area contributed by atoms with E-state index < -0.39 is 0 Å². The van der Waals surface area contributed by atoms with Crippen molar-refractivity contribution < 1.29 is 0 Å². The van der Waals surface area contributed by atoms with Crippen molar-refractivity contribution >= 4 is 45.8 Å². The van der Waals surface area contributed by atoms with Gasteiger partial charge in [0.1, 0.15) is 0 Å². The topological polar surface area (TPSA) is 38.5 Å². The number of halogens is 1. The van der Waals surface area contributed by atoms with E-state index in [-0.39, 0.29) is 0 Å². The Morgan fingerprint density at radius 3 is 2.95 bits per heavy atom. The number of fused-ring (bicyclic) bond motifs is 1. The summed E-state index contributed by atoms with van der Waals surface area (Å²) in [6.07, 6.45) is 3.01. The van der Waals surface area contributed by atoms with Gasteiger partial charge in [0.25, 0.3) is 0 Å². The molecule has 0 aliphatic heterocycles. The molecule has 0 spiro atoms. The van der Waals surface area contributed by atoms with Crippen molar-refractivity contribution in [2.45, 2.75) is 19.9 Å². The lowest BCUT2D eigenvalue weighted by Crippen LogP contribution is -2.01. The molecular weight excluding hydrogens is 383 g/mol. The van der Waals surface area contributed by atoms with Crippen LogP contribution in [0.5, 0.6) is 0 Å². The van der Waals surface area contributed by atoms with Crippen molar-refractivity contribution in [1.82, 2.24) is 19.3 Å². The van der Waals surface area contributed by atoms with Crippen molar-refractivity contribution in [3.63, 3.8) is 0 Å². The van der Waals surface area contributed by atoms with E-state index in [1.54, 1.807) is 0 Å². The number of hydrogen-bond donors (Lipinski definition) is 1.